The number of nitrogens with zero attached hydrogens (tertiary/aromatic N) is 4. The van der Waals surface area contributed by atoms with Crippen LogP contribution in [0.15, 0.2) is 12.4 Å². The van der Waals surface area contributed by atoms with E-state index in [1.54, 1.807) is 41.5 Å². The maximum Gasteiger partial charge on any atom is 0.376 e. The molecule has 0 bridgehead atoms. The van der Waals surface area contributed by atoms with Crippen molar-refractivity contribution >= 4 is 23.1 Å². The second kappa shape index (κ2) is 6.10. The normalized spacial score (nSPS) is 12.1. The van der Waals surface area contributed by atoms with Crippen LogP contribution in [0.5, 0.6) is 0 Å². The Hall–Kier alpha value is -2.64. The van der Waals surface area contributed by atoms with Crippen LogP contribution < -0.4 is 0 Å². The van der Waals surface area contributed by atoms with Crippen LogP contribution in [-0.2, 0) is 9.47 Å². The fourth-order valence-electron chi connectivity index (χ4n) is 1.75. The summed E-state index contributed by atoms with van der Waals surface area (Å²) in [5.74, 6) is -1.72. The summed E-state index contributed by atoms with van der Waals surface area (Å²) in [6.07, 6.45) is 2.82. The molecule has 2 rings (SSSR count). The van der Waals surface area contributed by atoms with E-state index in [-0.39, 0.29) is 22.7 Å². The van der Waals surface area contributed by atoms with Gasteiger partial charge >= 0.3 is 11.9 Å². The molecule has 8 nitrogen and oxygen atoms in total. The molecule has 2 aromatic rings. The fraction of sp³-hybridized carbons (Fsp3) is 0.500. The zero-order valence-corrected chi connectivity index (χ0v) is 14.6. The maximum absolute atomic E-state index is 12.4. The quantitative estimate of drug-likeness (QED) is 0.772. The molecule has 2 heterocycles. The molecule has 0 saturated carbocycles. The summed E-state index contributed by atoms with van der Waals surface area (Å²) >= 11 is 0. The summed E-state index contributed by atoms with van der Waals surface area (Å²) in [4.78, 5) is 40.8. The summed E-state index contributed by atoms with van der Waals surface area (Å²) < 4.78 is 10.6. The number of aromatic nitrogens is 4. The first-order valence-electron chi connectivity index (χ1n) is 7.42. The highest BCUT2D eigenvalue weighted by Gasteiger charge is 2.27. The molecule has 0 aromatic carbocycles. The van der Waals surface area contributed by atoms with Gasteiger partial charge in [-0.2, -0.15) is 0 Å². The molecule has 0 fully saturated rings. The van der Waals surface area contributed by atoms with E-state index in [0.29, 0.717) is 0 Å². The minimum atomic E-state index is -0.750. The minimum absolute atomic E-state index is 0.120. The molecule has 0 aliphatic carbocycles. The molecule has 0 saturated heterocycles. The lowest BCUT2D eigenvalue weighted by atomic mass is 10.2. The Morgan fingerprint density at radius 2 is 1.38 bits per heavy atom. The van der Waals surface area contributed by atoms with Gasteiger partial charge in [0.15, 0.2) is 11.3 Å². The highest BCUT2D eigenvalue weighted by atomic mass is 16.6. The van der Waals surface area contributed by atoms with Gasteiger partial charge in [-0.3, -0.25) is 0 Å². The Bertz CT molecular complexity index is 791. The van der Waals surface area contributed by atoms with Crippen molar-refractivity contribution in [1.29, 1.82) is 0 Å². The molecule has 0 aliphatic heterocycles. The Labute approximate surface area is 139 Å². The first kappa shape index (κ1) is 17.7. The van der Waals surface area contributed by atoms with Crippen LogP contribution in [0.1, 0.15) is 62.6 Å². The molecule has 0 N–H and O–H groups in total. The lowest BCUT2D eigenvalue weighted by Gasteiger charge is -2.20. The van der Waals surface area contributed by atoms with E-state index < -0.39 is 23.1 Å². The fourth-order valence-corrected chi connectivity index (χ4v) is 1.75. The lowest BCUT2D eigenvalue weighted by Crippen LogP contribution is -2.27. The number of carbonyl (C=O) groups is 2. The third kappa shape index (κ3) is 4.43. The van der Waals surface area contributed by atoms with Gasteiger partial charge in [0.1, 0.15) is 16.7 Å². The third-order valence-electron chi connectivity index (χ3n) is 2.51. The molecule has 2 aromatic heterocycles. The first-order valence-corrected chi connectivity index (χ1v) is 7.42. The van der Waals surface area contributed by atoms with Crippen LogP contribution in [0.2, 0.25) is 0 Å². The van der Waals surface area contributed by atoms with Crippen molar-refractivity contribution in [2.45, 2.75) is 52.7 Å². The summed E-state index contributed by atoms with van der Waals surface area (Å²) in [6, 6.07) is 0. The topological polar surface area (TPSA) is 104 Å². The second-order valence-electron chi connectivity index (χ2n) is 7.13. The minimum Gasteiger partial charge on any atom is -0.455 e. The second-order valence-corrected chi connectivity index (χ2v) is 7.13. The molecular weight excluding hydrogens is 312 g/mol. The summed E-state index contributed by atoms with van der Waals surface area (Å²) in [7, 11) is 0. The Kier molecular flexibility index (Phi) is 4.50. The van der Waals surface area contributed by atoms with Crippen molar-refractivity contribution in [2.24, 2.45) is 0 Å². The number of fused-ring (bicyclic) bond motifs is 1. The van der Waals surface area contributed by atoms with Crippen molar-refractivity contribution < 1.29 is 19.1 Å². The zero-order valence-electron chi connectivity index (χ0n) is 14.6. The molecule has 0 spiro atoms. The standard InChI is InChI=1S/C16H20N4O4/c1-15(2,3)23-13(21)10-9-11(18-8-7-17-9)20-12(19-10)14(22)24-16(4,5)6/h7-8H,1-6H3. The largest absolute Gasteiger partial charge is 0.455 e. The molecule has 0 atom stereocenters. The lowest BCUT2D eigenvalue weighted by molar-refractivity contribution is 0.00533. The van der Waals surface area contributed by atoms with Crippen LogP contribution in [0.4, 0.5) is 0 Å². The summed E-state index contributed by atoms with van der Waals surface area (Å²) in [6.45, 7) is 10.4. The molecular formula is C16H20N4O4. The molecule has 128 valence electrons. The van der Waals surface area contributed by atoms with E-state index in [2.05, 4.69) is 19.9 Å². The molecule has 0 amide bonds. The number of rotatable bonds is 2. The monoisotopic (exact) mass is 332 g/mol. The van der Waals surface area contributed by atoms with Crippen molar-refractivity contribution in [3.63, 3.8) is 0 Å². The number of hydrogen-bond donors (Lipinski definition) is 0. The van der Waals surface area contributed by atoms with Crippen LogP contribution in [0.25, 0.3) is 11.2 Å². The molecule has 0 radical (unpaired) electrons. The van der Waals surface area contributed by atoms with Gasteiger partial charge in [0.2, 0.25) is 5.82 Å². The van der Waals surface area contributed by atoms with Crippen molar-refractivity contribution in [1.82, 2.24) is 19.9 Å². The van der Waals surface area contributed by atoms with E-state index in [1.807, 2.05) is 0 Å². The SMILES string of the molecule is CC(C)(C)OC(=O)c1nc(C(=O)OC(C)(C)C)c2nccnc2n1. The maximum atomic E-state index is 12.4. The number of ether oxygens (including phenoxy) is 2. The molecule has 0 unspecified atom stereocenters. The van der Waals surface area contributed by atoms with Gasteiger partial charge in [0.25, 0.3) is 0 Å². The highest BCUT2D eigenvalue weighted by Crippen LogP contribution is 2.17. The Balaban J connectivity index is 2.53. The number of esters is 2. The van der Waals surface area contributed by atoms with Gasteiger partial charge in [-0.15, -0.1) is 0 Å². The van der Waals surface area contributed by atoms with Crippen LogP contribution in [-0.4, -0.2) is 43.1 Å². The van der Waals surface area contributed by atoms with Crippen molar-refractivity contribution in [2.75, 3.05) is 0 Å². The van der Waals surface area contributed by atoms with Gasteiger partial charge in [0, 0.05) is 12.4 Å². The molecule has 8 heteroatoms. The van der Waals surface area contributed by atoms with E-state index in [9.17, 15) is 9.59 Å². The van der Waals surface area contributed by atoms with E-state index in [0.717, 1.165) is 0 Å². The number of hydrogen-bond acceptors (Lipinski definition) is 8. The Morgan fingerprint density at radius 3 is 1.96 bits per heavy atom. The van der Waals surface area contributed by atoms with E-state index >= 15 is 0 Å². The van der Waals surface area contributed by atoms with Crippen LogP contribution in [0, 0.1) is 0 Å². The van der Waals surface area contributed by atoms with E-state index in [4.69, 9.17) is 9.47 Å². The van der Waals surface area contributed by atoms with Crippen molar-refractivity contribution in [3.05, 3.63) is 23.9 Å². The highest BCUT2D eigenvalue weighted by molar-refractivity contribution is 6.00. The smallest absolute Gasteiger partial charge is 0.376 e. The van der Waals surface area contributed by atoms with E-state index in [1.165, 1.54) is 12.4 Å². The summed E-state index contributed by atoms with van der Waals surface area (Å²) in [5, 5.41) is 0. The van der Waals surface area contributed by atoms with Gasteiger partial charge in [0.05, 0.1) is 0 Å². The molecule has 0 aliphatic rings. The zero-order chi connectivity index (χ0) is 18.1. The van der Waals surface area contributed by atoms with Crippen LogP contribution >= 0.6 is 0 Å². The van der Waals surface area contributed by atoms with Gasteiger partial charge in [-0.05, 0) is 41.5 Å². The Morgan fingerprint density at radius 1 is 0.833 bits per heavy atom. The van der Waals surface area contributed by atoms with Crippen LogP contribution in [0.3, 0.4) is 0 Å². The summed E-state index contributed by atoms with van der Waals surface area (Å²) in [5.41, 5.74) is -1.27. The third-order valence-corrected chi connectivity index (χ3v) is 2.51. The average molecular weight is 332 g/mol. The molecule has 24 heavy (non-hydrogen) atoms. The van der Waals surface area contributed by atoms with Crippen molar-refractivity contribution in [3.8, 4) is 0 Å². The predicted molar refractivity (Wildman–Crippen MR) is 85.5 cm³/mol. The van der Waals surface area contributed by atoms with Gasteiger partial charge < -0.3 is 9.47 Å². The predicted octanol–water partition coefficient (Wildman–Crippen LogP) is 2.33. The first-order chi connectivity index (χ1) is 11.0. The van der Waals surface area contributed by atoms with Gasteiger partial charge in [-0.25, -0.2) is 29.5 Å². The van der Waals surface area contributed by atoms with Gasteiger partial charge in [-0.1, -0.05) is 0 Å². The average Bonchev–Trinajstić information content (AvgIpc) is 2.42. The number of carbonyl (C=O) groups excluding carboxylic acids is 2.